The van der Waals surface area contributed by atoms with Gasteiger partial charge in [-0.15, -0.1) is 0 Å². The largest absolute Gasteiger partial charge is 0.383 e. The summed E-state index contributed by atoms with van der Waals surface area (Å²) in [4.78, 5) is 0. The van der Waals surface area contributed by atoms with Crippen LogP contribution in [-0.2, 0) is 10.3 Å². The quantitative estimate of drug-likeness (QED) is 0.885. The summed E-state index contributed by atoms with van der Waals surface area (Å²) in [6, 6.07) is 7.58. The third-order valence-corrected chi connectivity index (χ3v) is 2.37. The van der Waals surface area contributed by atoms with Gasteiger partial charge in [-0.05, 0) is 24.6 Å². The van der Waals surface area contributed by atoms with Gasteiger partial charge in [0.2, 0.25) is 0 Å². The first-order valence-electron chi connectivity index (χ1n) is 4.03. The summed E-state index contributed by atoms with van der Waals surface area (Å²) in [5, 5.41) is 9.96. The van der Waals surface area contributed by atoms with Crippen molar-refractivity contribution in [2.75, 3.05) is 13.7 Å². The highest BCUT2D eigenvalue weighted by Crippen LogP contribution is 2.23. The smallest absolute Gasteiger partial charge is 0.110 e. The molecule has 2 nitrogen and oxygen atoms in total. The van der Waals surface area contributed by atoms with E-state index in [1.54, 1.807) is 14.0 Å². The molecule has 0 amide bonds. The zero-order valence-electron chi connectivity index (χ0n) is 7.75. The van der Waals surface area contributed by atoms with E-state index >= 15 is 0 Å². The highest BCUT2D eigenvalue weighted by atomic mass is 79.9. The van der Waals surface area contributed by atoms with Crippen molar-refractivity contribution in [3.05, 3.63) is 34.3 Å². The summed E-state index contributed by atoms with van der Waals surface area (Å²) in [6.07, 6.45) is 0. The highest BCUT2D eigenvalue weighted by Gasteiger charge is 2.22. The molecule has 0 saturated carbocycles. The molecule has 0 aliphatic heterocycles. The molecule has 0 aromatic heterocycles. The van der Waals surface area contributed by atoms with Gasteiger partial charge in [0.1, 0.15) is 5.60 Å². The molecule has 1 aromatic rings. The number of halogens is 1. The third kappa shape index (κ3) is 2.79. The van der Waals surface area contributed by atoms with Crippen molar-refractivity contribution < 1.29 is 9.84 Å². The summed E-state index contributed by atoms with van der Waals surface area (Å²) in [7, 11) is 1.58. The van der Waals surface area contributed by atoms with Crippen molar-refractivity contribution in [1.82, 2.24) is 0 Å². The first-order chi connectivity index (χ1) is 6.06. The third-order valence-electron chi connectivity index (χ3n) is 1.87. The number of hydrogen-bond donors (Lipinski definition) is 1. The van der Waals surface area contributed by atoms with Crippen LogP contribution >= 0.6 is 15.9 Å². The molecule has 0 aliphatic rings. The van der Waals surface area contributed by atoms with Gasteiger partial charge in [0, 0.05) is 11.6 Å². The number of methoxy groups -OCH3 is 1. The molecule has 0 heterocycles. The molecular formula is C10H13BrO2. The minimum atomic E-state index is -0.918. The van der Waals surface area contributed by atoms with Crippen LogP contribution < -0.4 is 0 Å². The van der Waals surface area contributed by atoms with E-state index in [1.807, 2.05) is 24.3 Å². The van der Waals surface area contributed by atoms with Crippen LogP contribution in [0.4, 0.5) is 0 Å². The number of hydrogen-bond acceptors (Lipinski definition) is 2. The lowest BCUT2D eigenvalue weighted by atomic mass is 9.97. The maximum Gasteiger partial charge on any atom is 0.110 e. The lowest BCUT2D eigenvalue weighted by molar-refractivity contribution is -0.0208. The van der Waals surface area contributed by atoms with E-state index in [9.17, 15) is 5.11 Å². The minimum Gasteiger partial charge on any atom is -0.383 e. The summed E-state index contributed by atoms with van der Waals surface area (Å²) in [5.41, 5.74) is -0.0675. The van der Waals surface area contributed by atoms with Gasteiger partial charge in [-0.2, -0.15) is 0 Å². The lowest BCUT2D eigenvalue weighted by Gasteiger charge is -2.22. The Morgan fingerprint density at radius 3 is 2.77 bits per heavy atom. The van der Waals surface area contributed by atoms with Crippen molar-refractivity contribution in [3.8, 4) is 0 Å². The zero-order chi connectivity index (χ0) is 9.90. The maximum atomic E-state index is 9.96. The van der Waals surface area contributed by atoms with E-state index in [1.165, 1.54) is 0 Å². The molecule has 0 saturated heterocycles. The van der Waals surface area contributed by atoms with Crippen molar-refractivity contribution in [1.29, 1.82) is 0 Å². The Morgan fingerprint density at radius 1 is 1.54 bits per heavy atom. The summed E-state index contributed by atoms with van der Waals surface area (Å²) < 4.78 is 5.90. The number of benzene rings is 1. The summed E-state index contributed by atoms with van der Waals surface area (Å²) in [6.45, 7) is 2.03. The first-order valence-corrected chi connectivity index (χ1v) is 4.83. The average molecular weight is 245 g/mol. The van der Waals surface area contributed by atoms with Crippen LogP contribution in [0.2, 0.25) is 0 Å². The highest BCUT2D eigenvalue weighted by molar-refractivity contribution is 9.10. The second kappa shape index (κ2) is 4.22. The van der Waals surface area contributed by atoms with Crippen molar-refractivity contribution in [3.63, 3.8) is 0 Å². The predicted molar refractivity (Wildman–Crippen MR) is 55.6 cm³/mol. The van der Waals surface area contributed by atoms with Crippen LogP contribution in [-0.4, -0.2) is 18.8 Å². The first kappa shape index (κ1) is 10.7. The Bertz CT molecular complexity index is 284. The molecule has 0 aliphatic carbocycles. The van der Waals surface area contributed by atoms with Gasteiger partial charge >= 0.3 is 0 Å². The molecule has 1 unspecified atom stereocenters. The van der Waals surface area contributed by atoms with Crippen LogP contribution in [0.1, 0.15) is 12.5 Å². The van der Waals surface area contributed by atoms with Crippen molar-refractivity contribution in [2.45, 2.75) is 12.5 Å². The molecule has 1 rings (SSSR count). The fourth-order valence-corrected chi connectivity index (χ4v) is 1.59. The standard InChI is InChI=1S/C10H13BrO2/c1-10(12,7-13-2)8-4-3-5-9(11)6-8/h3-6,12H,7H2,1-2H3. The van der Waals surface area contributed by atoms with Crippen molar-refractivity contribution >= 4 is 15.9 Å². The van der Waals surface area contributed by atoms with Crippen molar-refractivity contribution in [2.24, 2.45) is 0 Å². The molecule has 72 valence electrons. The average Bonchev–Trinajstić information content (AvgIpc) is 2.04. The number of aliphatic hydroxyl groups is 1. The molecule has 3 heteroatoms. The second-order valence-electron chi connectivity index (χ2n) is 3.22. The number of rotatable bonds is 3. The van der Waals surface area contributed by atoms with E-state index in [0.717, 1.165) is 10.0 Å². The molecule has 1 N–H and O–H groups in total. The molecular weight excluding hydrogens is 232 g/mol. The van der Waals surface area contributed by atoms with E-state index < -0.39 is 5.60 Å². The van der Waals surface area contributed by atoms with Gasteiger partial charge in [-0.1, -0.05) is 28.1 Å². The van der Waals surface area contributed by atoms with Gasteiger partial charge < -0.3 is 9.84 Å². The van der Waals surface area contributed by atoms with E-state index in [2.05, 4.69) is 15.9 Å². The molecule has 0 fully saturated rings. The normalized spacial score (nSPS) is 15.4. The molecule has 0 spiro atoms. The maximum absolute atomic E-state index is 9.96. The lowest BCUT2D eigenvalue weighted by Crippen LogP contribution is -2.26. The Morgan fingerprint density at radius 2 is 2.23 bits per heavy atom. The van der Waals surface area contributed by atoms with Crippen LogP contribution in [0, 0.1) is 0 Å². The van der Waals surface area contributed by atoms with E-state index in [4.69, 9.17) is 4.74 Å². The summed E-state index contributed by atoms with van der Waals surface area (Å²) >= 11 is 3.35. The zero-order valence-corrected chi connectivity index (χ0v) is 9.34. The fraction of sp³-hybridized carbons (Fsp3) is 0.400. The molecule has 0 bridgehead atoms. The number of ether oxygens (including phenoxy) is 1. The molecule has 13 heavy (non-hydrogen) atoms. The summed E-state index contributed by atoms with van der Waals surface area (Å²) in [5.74, 6) is 0. The fourth-order valence-electron chi connectivity index (χ4n) is 1.19. The predicted octanol–water partition coefficient (Wildman–Crippen LogP) is 2.30. The van der Waals surface area contributed by atoms with Crippen LogP contribution in [0.3, 0.4) is 0 Å². The Kier molecular flexibility index (Phi) is 3.47. The van der Waals surface area contributed by atoms with Crippen LogP contribution in [0.25, 0.3) is 0 Å². The van der Waals surface area contributed by atoms with Gasteiger partial charge in [0.25, 0.3) is 0 Å². The van der Waals surface area contributed by atoms with Gasteiger partial charge in [-0.25, -0.2) is 0 Å². The van der Waals surface area contributed by atoms with Gasteiger partial charge in [0.15, 0.2) is 0 Å². The molecule has 1 atom stereocenters. The monoisotopic (exact) mass is 244 g/mol. The SMILES string of the molecule is COCC(C)(O)c1cccc(Br)c1. The second-order valence-corrected chi connectivity index (χ2v) is 4.13. The Hall–Kier alpha value is -0.380. The topological polar surface area (TPSA) is 29.5 Å². The van der Waals surface area contributed by atoms with Gasteiger partial charge in [0.05, 0.1) is 6.61 Å². The Balaban J connectivity index is 2.93. The van der Waals surface area contributed by atoms with Gasteiger partial charge in [-0.3, -0.25) is 0 Å². The van der Waals surface area contributed by atoms with E-state index in [0.29, 0.717) is 6.61 Å². The van der Waals surface area contributed by atoms with E-state index in [-0.39, 0.29) is 0 Å². The minimum absolute atomic E-state index is 0.295. The molecule has 0 radical (unpaired) electrons. The van der Waals surface area contributed by atoms with Crippen LogP contribution in [0.5, 0.6) is 0 Å². The van der Waals surface area contributed by atoms with Crippen LogP contribution in [0.15, 0.2) is 28.7 Å². The Labute approximate surface area is 86.7 Å². The molecule has 1 aromatic carbocycles.